The summed E-state index contributed by atoms with van der Waals surface area (Å²) in [5, 5.41) is 32.2. The Morgan fingerprint density at radius 1 is 1.41 bits per heavy atom. The predicted molar refractivity (Wildman–Crippen MR) is 78.9 cm³/mol. The van der Waals surface area contributed by atoms with Crippen LogP contribution in [-0.2, 0) is 4.74 Å². The van der Waals surface area contributed by atoms with Crippen LogP contribution >= 0.6 is 0 Å². The van der Waals surface area contributed by atoms with Crippen LogP contribution in [0.25, 0.3) is 5.70 Å². The van der Waals surface area contributed by atoms with Crippen LogP contribution in [0.1, 0.15) is 12.5 Å². The van der Waals surface area contributed by atoms with Gasteiger partial charge in [-0.2, -0.15) is 0 Å². The molecule has 1 aliphatic rings. The van der Waals surface area contributed by atoms with Gasteiger partial charge in [-0.3, -0.25) is 0 Å². The molecule has 1 saturated heterocycles. The second-order valence-electron chi connectivity index (χ2n) is 5.35. The molecule has 0 saturated carbocycles. The lowest BCUT2D eigenvalue weighted by molar-refractivity contribution is -0.186. The fraction of sp³-hybridized carbons (Fsp3) is 0.467. The Hall–Kier alpha value is -1.67. The smallest absolute Gasteiger partial charge is 0.123 e. The lowest BCUT2D eigenvalue weighted by Gasteiger charge is -2.41. The van der Waals surface area contributed by atoms with Gasteiger partial charge in [-0.1, -0.05) is 12.1 Å². The third-order valence-electron chi connectivity index (χ3n) is 3.76. The van der Waals surface area contributed by atoms with E-state index in [0.29, 0.717) is 5.56 Å². The molecule has 5 unspecified atom stereocenters. The van der Waals surface area contributed by atoms with Crippen molar-refractivity contribution in [3.63, 3.8) is 0 Å². The van der Waals surface area contributed by atoms with Crippen LogP contribution in [0, 0.1) is 5.82 Å². The van der Waals surface area contributed by atoms with E-state index in [1.807, 2.05) is 0 Å². The van der Waals surface area contributed by atoms with Gasteiger partial charge in [0.05, 0.1) is 24.4 Å². The Morgan fingerprint density at radius 3 is 2.77 bits per heavy atom. The van der Waals surface area contributed by atoms with Crippen LogP contribution < -0.4 is 11.1 Å². The molecule has 0 aromatic heterocycles. The first kappa shape index (κ1) is 16.7. The molecule has 0 aliphatic carbocycles. The van der Waals surface area contributed by atoms with Crippen molar-refractivity contribution in [1.82, 2.24) is 5.32 Å². The predicted octanol–water partition coefficient (Wildman–Crippen LogP) is -0.458. The van der Waals surface area contributed by atoms with E-state index < -0.39 is 36.3 Å². The molecule has 1 fully saturated rings. The molecule has 6 N–H and O–H groups in total. The van der Waals surface area contributed by atoms with Gasteiger partial charge >= 0.3 is 0 Å². The Morgan fingerprint density at radius 2 is 2.14 bits per heavy atom. The number of ether oxygens (including phenoxy) is 1. The molecule has 0 amide bonds. The zero-order chi connectivity index (χ0) is 16.3. The number of hydrogen-bond donors (Lipinski definition) is 5. The minimum absolute atomic E-state index is 0.263. The van der Waals surface area contributed by atoms with Crippen molar-refractivity contribution >= 4 is 5.70 Å². The lowest BCUT2D eigenvalue weighted by Crippen LogP contribution is -2.62. The van der Waals surface area contributed by atoms with Crippen molar-refractivity contribution < 1.29 is 24.4 Å². The van der Waals surface area contributed by atoms with E-state index in [4.69, 9.17) is 10.5 Å². The third kappa shape index (κ3) is 3.56. The number of halogens is 1. The molecule has 2 rings (SSSR count). The molecular weight excluding hydrogens is 291 g/mol. The maximum atomic E-state index is 13.2. The van der Waals surface area contributed by atoms with Gasteiger partial charge in [0.1, 0.15) is 24.1 Å². The molecule has 122 valence electrons. The highest BCUT2D eigenvalue weighted by Crippen LogP contribution is 2.21. The Kier molecular flexibility index (Phi) is 5.36. The normalized spacial score (nSPS) is 32.8. The molecule has 1 aromatic rings. The zero-order valence-electron chi connectivity index (χ0n) is 12.2. The quantitative estimate of drug-likeness (QED) is 0.515. The molecule has 5 atom stereocenters. The van der Waals surface area contributed by atoms with Crippen LogP contribution in [-0.4, -0.2) is 52.4 Å². The molecule has 6 nitrogen and oxygen atoms in total. The van der Waals surface area contributed by atoms with Gasteiger partial charge in [0.15, 0.2) is 0 Å². The number of nitrogens with one attached hydrogen (secondary N) is 1. The average molecular weight is 312 g/mol. The van der Waals surface area contributed by atoms with Gasteiger partial charge in [-0.15, -0.1) is 0 Å². The van der Waals surface area contributed by atoms with Crippen molar-refractivity contribution in [2.75, 3.05) is 6.61 Å². The number of benzene rings is 1. The molecule has 0 bridgehead atoms. The van der Waals surface area contributed by atoms with Crippen LogP contribution in [0.2, 0.25) is 0 Å². The molecule has 0 radical (unpaired) electrons. The fourth-order valence-electron chi connectivity index (χ4n) is 2.45. The minimum atomic E-state index is -1.10. The van der Waals surface area contributed by atoms with E-state index in [0.717, 1.165) is 0 Å². The maximum Gasteiger partial charge on any atom is 0.123 e. The lowest BCUT2D eigenvalue weighted by atomic mass is 9.93. The van der Waals surface area contributed by atoms with Gasteiger partial charge in [0.25, 0.3) is 0 Å². The van der Waals surface area contributed by atoms with Crippen LogP contribution in [0.5, 0.6) is 0 Å². The fourth-order valence-corrected chi connectivity index (χ4v) is 2.45. The Labute approximate surface area is 128 Å². The number of rotatable bonds is 4. The van der Waals surface area contributed by atoms with Crippen LogP contribution in [0.3, 0.4) is 0 Å². The van der Waals surface area contributed by atoms with E-state index in [1.165, 1.54) is 24.4 Å². The summed E-state index contributed by atoms with van der Waals surface area (Å²) in [5.74, 6) is -0.408. The highest BCUT2D eigenvalue weighted by atomic mass is 19.1. The second kappa shape index (κ2) is 7.06. The van der Waals surface area contributed by atoms with E-state index in [9.17, 15) is 19.7 Å². The summed E-state index contributed by atoms with van der Waals surface area (Å²) < 4.78 is 18.5. The van der Waals surface area contributed by atoms with Crippen LogP contribution in [0.15, 0.2) is 30.5 Å². The van der Waals surface area contributed by atoms with Gasteiger partial charge in [0.2, 0.25) is 0 Å². The van der Waals surface area contributed by atoms with Gasteiger partial charge in [0, 0.05) is 11.8 Å². The first-order valence-electron chi connectivity index (χ1n) is 7.04. The highest BCUT2D eigenvalue weighted by Gasteiger charge is 2.41. The van der Waals surface area contributed by atoms with E-state index in [-0.39, 0.29) is 12.3 Å². The Balaban J connectivity index is 2.12. The summed E-state index contributed by atoms with van der Waals surface area (Å²) in [6.45, 7) is 1.28. The van der Waals surface area contributed by atoms with Crippen molar-refractivity contribution in [2.24, 2.45) is 5.73 Å². The molecule has 0 spiro atoms. The van der Waals surface area contributed by atoms with Crippen molar-refractivity contribution in [1.29, 1.82) is 0 Å². The molecule has 1 heterocycles. The van der Waals surface area contributed by atoms with Crippen molar-refractivity contribution in [3.8, 4) is 0 Å². The molecule has 1 aliphatic heterocycles. The molecular formula is C15H21FN2O4. The third-order valence-corrected chi connectivity index (χ3v) is 3.76. The number of nitrogens with two attached hydrogens (primary N) is 1. The molecule has 7 heteroatoms. The summed E-state index contributed by atoms with van der Waals surface area (Å²) in [5.41, 5.74) is 6.61. The monoisotopic (exact) mass is 312 g/mol. The Bertz CT molecular complexity index is 540. The van der Waals surface area contributed by atoms with Crippen molar-refractivity contribution in [2.45, 2.75) is 37.4 Å². The van der Waals surface area contributed by atoms with E-state index in [2.05, 4.69) is 5.32 Å². The summed E-state index contributed by atoms with van der Waals surface area (Å²) in [7, 11) is 0. The van der Waals surface area contributed by atoms with Crippen molar-refractivity contribution in [3.05, 3.63) is 41.8 Å². The maximum absolute atomic E-state index is 13.2. The first-order valence-corrected chi connectivity index (χ1v) is 7.04. The minimum Gasteiger partial charge on any atom is -0.397 e. The summed E-state index contributed by atoms with van der Waals surface area (Å²) in [6.07, 6.45) is -2.03. The number of aliphatic hydroxyl groups excluding tert-OH is 3. The van der Waals surface area contributed by atoms with Gasteiger partial charge < -0.3 is 31.1 Å². The average Bonchev–Trinajstić information content (AvgIpc) is 2.50. The summed E-state index contributed by atoms with van der Waals surface area (Å²) in [6, 6.07) is 5.01. The standard InChI is InChI=1S/C15H21FN2O4/c1-8-14(20)13(15(21)12(7-19)22-8)18-6-11(17)9-3-2-4-10(16)5-9/h2-6,8,12-15,18-21H,7,17H2,1H3/b11-6-. The number of aliphatic hydroxyl groups is 3. The first-order chi connectivity index (χ1) is 10.4. The summed E-state index contributed by atoms with van der Waals surface area (Å²) >= 11 is 0. The topological polar surface area (TPSA) is 108 Å². The summed E-state index contributed by atoms with van der Waals surface area (Å²) in [4.78, 5) is 0. The second-order valence-corrected chi connectivity index (χ2v) is 5.35. The van der Waals surface area contributed by atoms with E-state index >= 15 is 0 Å². The van der Waals surface area contributed by atoms with E-state index in [1.54, 1.807) is 13.0 Å². The SMILES string of the molecule is CC1OC(CO)C(O)C(N/C=C(\N)c2cccc(F)c2)C1O. The highest BCUT2D eigenvalue weighted by molar-refractivity contribution is 5.62. The van der Waals surface area contributed by atoms with Gasteiger partial charge in [-0.25, -0.2) is 4.39 Å². The zero-order valence-corrected chi connectivity index (χ0v) is 12.2. The van der Waals surface area contributed by atoms with Crippen LogP contribution in [0.4, 0.5) is 4.39 Å². The number of hydrogen-bond acceptors (Lipinski definition) is 6. The molecule has 1 aromatic carbocycles. The van der Waals surface area contributed by atoms with Gasteiger partial charge in [-0.05, 0) is 19.1 Å². The molecule has 22 heavy (non-hydrogen) atoms. The largest absolute Gasteiger partial charge is 0.397 e.